The van der Waals surface area contributed by atoms with Crippen LogP contribution in [0.1, 0.15) is 10.4 Å². The zero-order chi connectivity index (χ0) is 18.4. The Balaban J connectivity index is 1.72. The molecule has 6 nitrogen and oxygen atoms in total. The van der Waals surface area contributed by atoms with E-state index in [1.54, 1.807) is 47.9 Å². The van der Waals surface area contributed by atoms with Crippen molar-refractivity contribution in [1.29, 1.82) is 0 Å². The number of amides is 1. The normalized spacial score (nSPS) is 11.4. The highest BCUT2D eigenvalue weighted by atomic mass is 32.2. The van der Waals surface area contributed by atoms with Crippen LogP contribution in [0.4, 0.5) is 5.69 Å². The first kappa shape index (κ1) is 17.7. The van der Waals surface area contributed by atoms with E-state index in [9.17, 15) is 9.00 Å². The summed E-state index contributed by atoms with van der Waals surface area (Å²) < 4.78 is 21.0. The molecule has 3 N–H and O–H groups in total. The van der Waals surface area contributed by atoms with Crippen LogP contribution in [0.25, 0.3) is 0 Å². The molecule has 0 bridgehead atoms. The second-order valence-corrected chi connectivity index (χ2v) is 6.46. The average molecular weight is 368 g/mol. The van der Waals surface area contributed by atoms with E-state index in [0.29, 0.717) is 22.1 Å². The van der Waals surface area contributed by atoms with E-state index in [0.717, 1.165) is 0 Å². The van der Waals surface area contributed by atoms with Gasteiger partial charge in [0.2, 0.25) is 0 Å². The SMILES string of the molecule is O=C(NO)c1ccccc1NS(=O)c1ccc(Oc2ccccc2)cc1. The van der Waals surface area contributed by atoms with E-state index < -0.39 is 16.9 Å². The van der Waals surface area contributed by atoms with Gasteiger partial charge in [-0.2, -0.15) is 0 Å². The summed E-state index contributed by atoms with van der Waals surface area (Å²) in [5.41, 5.74) is 2.11. The van der Waals surface area contributed by atoms with E-state index >= 15 is 0 Å². The molecule has 0 saturated heterocycles. The zero-order valence-electron chi connectivity index (χ0n) is 13.6. The van der Waals surface area contributed by atoms with E-state index in [4.69, 9.17) is 9.94 Å². The molecule has 0 aliphatic rings. The summed E-state index contributed by atoms with van der Waals surface area (Å²) in [6.45, 7) is 0. The molecule has 0 heterocycles. The summed E-state index contributed by atoms with van der Waals surface area (Å²) in [7, 11) is -1.59. The second kappa shape index (κ2) is 8.28. The molecule has 1 amide bonds. The smallest absolute Gasteiger partial charge is 0.276 e. The first-order chi connectivity index (χ1) is 12.7. The number of nitrogens with one attached hydrogen (secondary N) is 2. The number of anilines is 1. The maximum Gasteiger partial charge on any atom is 0.276 e. The fourth-order valence-electron chi connectivity index (χ4n) is 2.25. The van der Waals surface area contributed by atoms with Crippen LogP contribution >= 0.6 is 0 Å². The molecule has 1 atom stereocenters. The first-order valence-electron chi connectivity index (χ1n) is 7.72. The van der Waals surface area contributed by atoms with Crippen LogP contribution < -0.4 is 14.9 Å². The van der Waals surface area contributed by atoms with Gasteiger partial charge in [-0.3, -0.25) is 10.0 Å². The van der Waals surface area contributed by atoms with E-state index in [1.807, 2.05) is 30.3 Å². The number of benzene rings is 3. The third-order valence-electron chi connectivity index (χ3n) is 3.49. The van der Waals surface area contributed by atoms with Gasteiger partial charge < -0.3 is 9.46 Å². The van der Waals surface area contributed by atoms with Gasteiger partial charge in [0.25, 0.3) is 5.91 Å². The quantitative estimate of drug-likeness (QED) is 0.457. The molecule has 1 unspecified atom stereocenters. The highest BCUT2D eigenvalue weighted by molar-refractivity contribution is 7.86. The minimum absolute atomic E-state index is 0.187. The molecular formula is C19H16N2O4S. The second-order valence-electron chi connectivity index (χ2n) is 5.24. The van der Waals surface area contributed by atoms with Gasteiger partial charge in [0, 0.05) is 0 Å². The summed E-state index contributed by atoms with van der Waals surface area (Å²) in [6, 6.07) is 22.6. The van der Waals surface area contributed by atoms with E-state index in [2.05, 4.69) is 4.72 Å². The molecule has 3 aromatic rings. The van der Waals surface area contributed by atoms with Crippen LogP contribution in [0, 0.1) is 0 Å². The first-order valence-corrected chi connectivity index (χ1v) is 8.87. The third-order valence-corrected chi connectivity index (χ3v) is 4.60. The molecule has 0 saturated carbocycles. The lowest BCUT2D eigenvalue weighted by Crippen LogP contribution is -2.20. The largest absolute Gasteiger partial charge is 0.457 e. The Morgan fingerprint density at radius 3 is 2.15 bits per heavy atom. The molecule has 0 spiro atoms. The zero-order valence-corrected chi connectivity index (χ0v) is 14.4. The molecule has 0 aliphatic heterocycles. The summed E-state index contributed by atoms with van der Waals surface area (Å²) in [6.07, 6.45) is 0. The molecule has 0 radical (unpaired) electrons. The fraction of sp³-hybridized carbons (Fsp3) is 0. The number of carbonyl (C=O) groups excluding carboxylic acids is 1. The van der Waals surface area contributed by atoms with Gasteiger partial charge in [0.05, 0.1) is 16.1 Å². The molecule has 3 aromatic carbocycles. The lowest BCUT2D eigenvalue weighted by molar-refractivity contribution is 0.0707. The Hall–Kier alpha value is -3.16. The minimum Gasteiger partial charge on any atom is -0.457 e. The van der Waals surface area contributed by atoms with Crippen molar-refractivity contribution in [3.63, 3.8) is 0 Å². The average Bonchev–Trinajstić information content (AvgIpc) is 2.69. The van der Waals surface area contributed by atoms with Crippen LogP contribution in [0.15, 0.2) is 83.8 Å². The van der Waals surface area contributed by atoms with Crippen LogP contribution in [-0.2, 0) is 11.0 Å². The van der Waals surface area contributed by atoms with Crippen LogP contribution in [0.5, 0.6) is 11.5 Å². The Morgan fingerprint density at radius 1 is 0.846 bits per heavy atom. The minimum atomic E-state index is -1.59. The predicted octanol–water partition coefficient (Wildman–Crippen LogP) is 3.73. The molecule has 0 aromatic heterocycles. The van der Waals surface area contributed by atoms with Crippen molar-refractivity contribution < 1.29 is 18.9 Å². The van der Waals surface area contributed by atoms with Crippen LogP contribution in [-0.4, -0.2) is 15.3 Å². The maximum atomic E-state index is 12.5. The van der Waals surface area contributed by atoms with Crippen LogP contribution in [0.2, 0.25) is 0 Å². The van der Waals surface area contributed by atoms with Crippen molar-refractivity contribution in [1.82, 2.24) is 5.48 Å². The van der Waals surface area contributed by atoms with Gasteiger partial charge in [-0.05, 0) is 48.5 Å². The van der Waals surface area contributed by atoms with Crippen molar-refractivity contribution in [3.8, 4) is 11.5 Å². The lowest BCUT2D eigenvalue weighted by Gasteiger charge is -2.11. The summed E-state index contributed by atoms with van der Waals surface area (Å²) in [5.74, 6) is 0.650. The third kappa shape index (κ3) is 4.27. The Morgan fingerprint density at radius 2 is 1.46 bits per heavy atom. The molecule has 132 valence electrons. The summed E-state index contributed by atoms with van der Waals surface area (Å²) in [4.78, 5) is 12.2. The number of hydrogen-bond donors (Lipinski definition) is 3. The van der Waals surface area contributed by atoms with Crippen molar-refractivity contribution >= 4 is 22.6 Å². The Bertz CT molecular complexity index is 914. The van der Waals surface area contributed by atoms with Gasteiger partial charge in [-0.25, -0.2) is 9.69 Å². The summed E-state index contributed by atoms with van der Waals surface area (Å²) >= 11 is 0. The van der Waals surface area contributed by atoms with Gasteiger partial charge in [0.15, 0.2) is 0 Å². The highest BCUT2D eigenvalue weighted by Gasteiger charge is 2.12. The molecule has 7 heteroatoms. The van der Waals surface area contributed by atoms with Gasteiger partial charge in [0.1, 0.15) is 22.5 Å². The number of carbonyl (C=O) groups is 1. The topological polar surface area (TPSA) is 87.7 Å². The number of rotatable bonds is 6. The number of hydroxylamine groups is 1. The van der Waals surface area contributed by atoms with Crippen LogP contribution in [0.3, 0.4) is 0 Å². The molecule has 0 aliphatic carbocycles. The summed E-state index contributed by atoms with van der Waals surface area (Å²) in [5, 5.41) is 8.80. The van der Waals surface area contributed by atoms with Crippen molar-refractivity contribution in [2.45, 2.75) is 4.90 Å². The molecule has 0 fully saturated rings. The predicted molar refractivity (Wildman–Crippen MR) is 98.7 cm³/mol. The Labute approximate surface area is 153 Å². The van der Waals surface area contributed by atoms with Crippen molar-refractivity contribution in [2.24, 2.45) is 0 Å². The fourth-order valence-corrected chi connectivity index (χ4v) is 3.12. The van der Waals surface area contributed by atoms with Crippen molar-refractivity contribution in [3.05, 3.63) is 84.4 Å². The monoisotopic (exact) mass is 368 g/mol. The Kier molecular flexibility index (Phi) is 5.62. The molecule has 26 heavy (non-hydrogen) atoms. The molecule has 3 rings (SSSR count). The number of hydrogen-bond acceptors (Lipinski definition) is 4. The number of ether oxygens (including phenoxy) is 1. The van der Waals surface area contributed by atoms with Crippen molar-refractivity contribution in [2.75, 3.05) is 4.72 Å². The van der Waals surface area contributed by atoms with Gasteiger partial charge >= 0.3 is 0 Å². The maximum absolute atomic E-state index is 12.5. The highest BCUT2D eigenvalue weighted by Crippen LogP contribution is 2.23. The molecular weight excluding hydrogens is 352 g/mol. The van der Waals surface area contributed by atoms with Gasteiger partial charge in [-0.15, -0.1) is 0 Å². The standard InChI is InChI=1S/C19H16N2O4S/c22-19(20-23)17-8-4-5-9-18(17)21-26(24)16-12-10-15(11-13-16)25-14-6-2-1-3-7-14/h1-13,21,23H,(H,20,22). The van der Waals surface area contributed by atoms with Gasteiger partial charge in [-0.1, -0.05) is 30.3 Å². The van der Waals surface area contributed by atoms with E-state index in [-0.39, 0.29) is 5.56 Å². The lowest BCUT2D eigenvalue weighted by atomic mass is 10.2. The number of para-hydroxylation sites is 2. The van der Waals surface area contributed by atoms with E-state index in [1.165, 1.54) is 6.07 Å².